The molecule has 0 rings (SSSR count). The fourth-order valence-electron chi connectivity index (χ4n) is 1.30. The van der Waals surface area contributed by atoms with Gasteiger partial charge in [-0.2, -0.15) is 0 Å². The largest absolute Gasteiger partial charge is 0.467 e. The van der Waals surface area contributed by atoms with Crippen LogP contribution < -0.4 is 5.32 Å². The molecular weight excluding hydrogens is 170 g/mol. The molecule has 0 aliphatic carbocycles. The number of carbonyl (C=O) groups excluding carboxylic acids is 2. The van der Waals surface area contributed by atoms with Gasteiger partial charge in [0.15, 0.2) is 0 Å². The molecule has 0 saturated heterocycles. The molecule has 0 unspecified atom stereocenters. The van der Waals surface area contributed by atoms with Gasteiger partial charge in [-0.15, -0.1) is 0 Å². The molecule has 0 aliphatic heterocycles. The highest BCUT2D eigenvalue weighted by Gasteiger charge is 2.36. The van der Waals surface area contributed by atoms with E-state index < -0.39 is 5.54 Å². The minimum Gasteiger partial charge on any atom is -0.467 e. The molecule has 1 N–H and O–H groups in total. The lowest BCUT2D eigenvalue weighted by Gasteiger charge is -2.28. The van der Waals surface area contributed by atoms with Crippen molar-refractivity contribution in [3.05, 3.63) is 0 Å². The third-order valence-electron chi connectivity index (χ3n) is 2.20. The number of methoxy groups -OCH3 is 1. The molecule has 1 amide bonds. The van der Waals surface area contributed by atoms with E-state index in [4.69, 9.17) is 0 Å². The zero-order chi connectivity index (χ0) is 10.5. The van der Waals surface area contributed by atoms with Gasteiger partial charge in [0.05, 0.1) is 7.11 Å². The van der Waals surface area contributed by atoms with Crippen LogP contribution in [0.25, 0.3) is 0 Å². The van der Waals surface area contributed by atoms with Crippen LogP contribution in [0, 0.1) is 0 Å². The predicted molar refractivity (Wildman–Crippen MR) is 49.1 cm³/mol. The second-order valence-electron chi connectivity index (χ2n) is 2.96. The number of amides is 1. The van der Waals surface area contributed by atoms with Crippen molar-refractivity contribution in [3.63, 3.8) is 0 Å². The SMILES string of the molecule is CCC(CC)(NC(C)=O)C(=O)OC. The van der Waals surface area contributed by atoms with Gasteiger partial charge in [0.1, 0.15) is 5.54 Å². The Labute approximate surface area is 78.6 Å². The molecule has 0 aromatic carbocycles. The molecule has 13 heavy (non-hydrogen) atoms. The van der Waals surface area contributed by atoms with Crippen LogP contribution in [0.3, 0.4) is 0 Å². The molecule has 0 spiro atoms. The maximum atomic E-state index is 11.4. The Bertz CT molecular complexity index is 197. The third kappa shape index (κ3) is 2.72. The summed E-state index contributed by atoms with van der Waals surface area (Å²) in [5.74, 6) is -0.596. The fourth-order valence-corrected chi connectivity index (χ4v) is 1.30. The summed E-state index contributed by atoms with van der Waals surface area (Å²) in [6.45, 7) is 5.08. The molecule has 0 aromatic rings. The Morgan fingerprint density at radius 1 is 1.31 bits per heavy atom. The van der Waals surface area contributed by atoms with E-state index in [0.717, 1.165) is 0 Å². The van der Waals surface area contributed by atoms with E-state index in [-0.39, 0.29) is 11.9 Å². The average molecular weight is 187 g/mol. The minimum atomic E-state index is -0.847. The van der Waals surface area contributed by atoms with Crippen LogP contribution in [-0.4, -0.2) is 24.5 Å². The number of hydrogen-bond acceptors (Lipinski definition) is 3. The number of rotatable bonds is 4. The molecule has 0 aromatic heterocycles. The first-order valence-corrected chi connectivity index (χ1v) is 4.39. The van der Waals surface area contributed by atoms with E-state index in [1.165, 1.54) is 14.0 Å². The van der Waals surface area contributed by atoms with Gasteiger partial charge in [-0.25, -0.2) is 4.79 Å². The van der Waals surface area contributed by atoms with Crippen LogP contribution in [0.15, 0.2) is 0 Å². The zero-order valence-corrected chi connectivity index (χ0v) is 8.64. The van der Waals surface area contributed by atoms with Crippen LogP contribution in [0.2, 0.25) is 0 Å². The fraction of sp³-hybridized carbons (Fsp3) is 0.778. The molecule has 76 valence electrons. The highest BCUT2D eigenvalue weighted by Crippen LogP contribution is 2.16. The van der Waals surface area contributed by atoms with Crippen molar-refractivity contribution >= 4 is 11.9 Å². The smallest absolute Gasteiger partial charge is 0.331 e. The maximum Gasteiger partial charge on any atom is 0.331 e. The van der Waals surface area contributed by atoms with Crippen molar-refractivity contribution in [2.75, 3.05) is 7.11 Å². The molecule has 0 saturated carbocycles. The molecule has 0 fully saturated rings. The standard InChI is InChI=1S/C9H17NO3/c1-5-9(6-2,8(12)13-4)10-7(3)11/h5-6H2,1-4H3,(H,10,11). The Morgan fingerprint density at radius 3 is 2.00 bits per heavy atom. The average Bonchev–Trinajstić information content (AvgIpc) is 2.12. The second kappa shape index (κ2) is 4.84. The summed E-state index contributed by atoms with van der Waals surface area (Å²) in [6, 6.07) is 0. The predicted octanol–water partition coefficient (Wildman–Crippen LogP) is 0.854. The second-order valence-corrected chi connectivity index (χ2v) is 2.96. The third-order valence-corrected chi connectivity index (χ3v) is 2.20. The summed E-state index contributed by atoms with van der Waals surface area (Å²) in [5, 5.41) is 2.63. The van der Waals surface area contributed by atoms with Crippen LogP contribution in [0.1, 0.15) is 33.6 Å². The van der Waals surface area contributed by atoms with E-state index >= 15 is 0 Å². The van der Waals surface area contributed by atoms with Gasteiger partial charge >= 0.3 is 5.97 Å². The van der Waals surface area contributed by atoms with E-state index in [1.54, 1.807) is 0 Å². The van der Waals surface area contributed by atoms with E-state index in [0.29, 0.717) is 12.8 Å². The minimum absolute atomic E-state index is 0.214. The number of esters is 1. The van der Waals surface area contributed by atoms with Crippen molar-refractivity contribution in [2.24, 2.45) is 0 Å². The van der Waals surface area contributed by atoms with Crippen LogP contribution in [0.4, 0.5) is 0 Å². The van der Waals surface area contributed by atoms with Gasteiger partial charge in [0, 0.05) is 6.92 Å². The van der Waals surface area contributed by atoms with Gasteiger partial charge in [-0.3, -0.25) is 4.79 Å². The molecule has 4 nitrogen and oxygen atoms in total. The van der Waals surface area contributed by atoms with Crippen LogP contribution in [-0.2, 0) is 14.3 Å². The lowest BCUT2D eigenvalue weighted by atomic mass is 9.93. The molecule has 0 aliphatic rings. The van der Waals surface area contributed by atoms with Crippen molar-refractivity contribution < 1.29 is 14.3 Å². The first kappa shape index (κ1) is 11.9. The van der Waals surface area contributed by atoms with Gasteiger partial charge in [0.2, 0.25) is 5.91 Å². The molecule has 4 heteroatoms. The molecule has 0 atom stereocenters. The van der Waals surface area contributed by atoms with E-state index in [1.807, 2.05) is 13.8 Å². The van der Waals surface area contributed by atoms with Crippen molar-refractivity contribution in [1.82, 2.24) is 5.32 Å². The normalized spacial score (nSPS) is 10.8. The van der Waals surface area contributed by atoms with Gasteiger partial charge in [-0.05, 0) is 12.8 Å². The summed E-state index contributed by atoms with van der Waals surface area (Å²) < 4.78 is 4.64. The summed E-state index contributed by atoms with van der Waals surface area (Å²) >= 11 is 0. The highest BCUT2D eigenvalue weighted by molar-refractivity contribution is 5.87. The first-order chi connectivity index (χ1) is 6.02. The molecule has 0 bridgehead atoms. The van der Waals surface area contributed by atoms with Crippen molar-refractivity contribution in [3.8, 4) is 0 Å². The summed E-state index contributed by atoms with van der Waals surface area (Å²) in [5.41, 5.74) is -0.847. The van der Waals surface area contributed by atoms with Crippen molar-refractivity contribution in [2.45, 2.75) is 39.2 Å². The number of hydrogen-bond donors (Lipinski definition) is 1. The Hall–Kier alpha value is -1.06. The van der Waals surface area contributed by atoms with Crippen molar-refractivity contribution in [1.29, 1.82) is 0 Å². The summed E-state index contributed by atoms with van der Waals surface area (Å²) in [7, 11) is 1.32. The van der Waals surface area contributed by atoms with Gasteiger partial charge in [0.25, 0.3) is 0 Å². The Balaban J connectivity index is 4.68. The Morgan fingerprint density at radius 2 is 1.77 bits per heavy atom. The first-order valence-electron chi connectivity index (χ1n) is 4.39. The number of nitrogens with one attached hydrogen (secondary N) is 1. The number of carbonyl (C=O) groups is 2. The quantitative estimate of drug-likeness (QED) is 0.664. The molecular formula is C9H17NO3. The summed E-state index contributed by atoms with van der Waals surface area (Å²) in [4.78, 5) is 22.3. The molecule has 0 heterocycles. The zero-order valence-electron chi connectivity index (χ0n) is 8.64. The monoisotopic (exact) mass is 187 g/mol. The Kier molecular flexibility index (Phi) is 4.45. The van der Waals surface area contributed by atoms with Gasteiger partial charge < -0.3 is 10.1 Å². The van der Waals surface area contributed by atoms with E-state index in [2.05, 4.69) is 10.1 Å². The van der Waals surface area contributed by atoms with Crippen LogP contribution in [0.5, 0.6) is 0 Å². The lowest BCUT2D eigenvalue weighted by molar-refractivity contribution is -0.151. The topological polar surface area (TPSA) is 55.4 Å². The lowest BCUT2D eigenvalue weighted by Crippen LogP contribution is -2.53. The summed E-state index contributed by atoms with van der Waals surface area (Å²) in [6.07, 6.45) is 1.07. The number of ether oxygens (including phenoxy) is 1. The maximum absolute atomic E-state index is 11.4. The van der Waals surface area contributed by atoms with E-state index in [9.17, 15) is 9.59 Å². The molecule has 0 radical (unpaired) electrons. The van der Waals surface area contributed by atoms with Crippen LogP contribution >= 0.6 is 0 Å². The highest BCUT2D eigenvalue weighted by atomic mass is 16.5. The van der Waals surface area contributed by atoms with Gasteiger partial charge in [-0.1, -0.05) is 13.8 Å².